The molecule has 0 spiro atoms. The van der Waals surface area contributed by atoms with E-state index in [2.05, 4.69) is 45.8 Å². The van der Waals surface area contributed by atoms with Gasteiger partial charge in [0.1, 0.15) is 16.4 Å². The van der Waals surface area contributed by atoms with E-state index in [9.17, 15) is 8.42 Å². The number of rotatable bonds is 9. The SMILES string of the molecule is COc1ccc(OC)c(S(=O)(=O)NC[C@H](c2ccc(N(C)C)cc2)N2CCN(C)CC2)c1. The molecule has 2 aromatic carbocycles. The first kappa shape index (κ1) is 24.3. The lowest BCUT2D eigenvalue weighted by atomic mass is 10.0. The summed E-state index contributed by atoms with van der Waals surface area (Å²) >= 11 is 0. The van der Waals surface area contributed by atoms with Gasteiger partial charge in [-0.25, -0.2) is 13.1 Å². The summed E-state index contributed by atoms with van der Waals surface area (Å²) in [5.41, 5.74) is 2.19. The number of anilines is 1. The van der Waals surface area contributed by atoms with Gasteiger partial charge >= 0.3 is 0 Å². The van der Waals surface area contributed by atoms with Gasteiger partial charge in [-0.2, -0.15) is 0 Å². The van der Waals surface area contributed by atoms with Gasteiger partial charge in [-0.05, 0) is 36.9 Å². The van der Waals surface area contributed by atoms with Crippen LogP contribution in [0.15, 0.2) is 47.4 Å². The molecule has 0 aromatic heterocycles. The molecule has 3 rings (SSSR count). The Morgan fingerprint density at radius 3 is 2.22 bits per heavy atom. The molecule has 1 saturated heterocycles. The number of ether oxygens (including phenoxy) is 2. The highest BCUT2D eigenvalue weighted by molar-refractivity contribution is 7.89. The Labute approximate surface area is 191 Å². The van der Waals surface area contributed by atoms with Crippen LogP contribution in [0.2, 0.25) is 0 Å². The van der Waals surface area contributed by atoms with E-state index in [-0.39, 0.29) is 23.2 Å². The topological polar surface area (TPSA) is 74.3 Å². The van der Waals surface area contributed by atoms with Gasteiger partial charge in [0.15, 0.2) is 0 Å². The van der Waals surface area contributed by atoms with Gasteiger partial charge in [0.2, 0.25) is 10.0 Å². The predicted octanol–water partition coefficient (Wildman–Crippen LogP) is 2.04. The molecule has 2 aromatic rings. The third-order valence-corrected chi connectivity index (χ3v) is 7.34. The lowest BCUT2D eigenvalue weighted by Gasteiger charge is -2.38. The highest BCUT2D eigenvalue weighted by Gasteiger charge is 2.27. The number of benzene rings is 2. The summed E-state index contributed by atoms with van der Waals surface area (Å²) in [6.07, 6.45) is 0. The zero-order chi connectivity index (χ0) is 23.3. The summed E-state index contributed by atoms with van der Waals surface area (Å²) in [6, 6.07) is 13.0. The minimum absolute atomic E-state index is 0.0689. The minimum atomic E-state index is -3.81. The number of sulfonamides is 1. The number of hydrogen-bond acceptors (Lipinski definition) is 7. The van der Waals surface area contributed by atoms with Gasteiger partial charge in [0.05, 0.1) is 14.2 Å². The van der Waals surface area contributed by atoms with Crippen LogP contribution < -0.4 is 19.1 Å². The molecule has 1 atom stereocenters. The lowest BCUT2D eigenvalue weighted by Crippen LogP contribution is -2.48. The summed E-state index contributed by atoms with van der Waals surface area (Å²) in [4.78, 5) is 6.75. The maximum Gasteiger partial charge on any atom is 0.244 e. The monoisotopic (exact) mass is 462 g/mol. The zero-order valence-corrected chi connectivity index (χ0v) is 20.4. The van der Waals surface area contributed by atoms with Crippen LogP contribution in [-0.4, -0.2) is 86.3 Å². The lowest BCUT2D eigenvalue weighted by molar-refractivity contribution is 0.113. The molecule has 9 heteroatoms. The van der Waals surface area contributed by atoms with Gasteiger partial charge in [-0.15, -0.1) is 0 Å². The summed E-state index contributed by atoms with van der Waals surface area (Å²) in [7, 11) is 5.27. The largest absolute Gasteiger partial charge is 0.497 e. The Balaban J connectivity index is 1.86. The van der Waals surface area contributed by atoms with Crippen LogP contribution in [0.1, 0.15) is 11.6 Å². The Morgan fingerprint density at radius 1 is 1.00 bits per heavy atom. The van der Waals surface area contributed by atoms with Crippen LogP contribution in [-0.2, 0) is 10.0 Å². The normalized spacial score (nSPS) is 16.5. The number of nitrogens with zero attached hydrogens (tertiary/aromatic N) is 3. The van der Waals surface area contributed by atoms with E-state index in [1.165, 1.54) is 20.3 Å². The second-order valence-corrected chi connectivity index (χ2v) is 9.95. The molecule has 32 heavy (non-hydrogen) atoms. The van der Waals surface area contributed by atoms with E-state index in [1.54, 1.807) is 12.1 Å². The van der Waals surface area contributed by atoms with Gasteiger partial charge < -0.3 is 19.3 Å². The standard InChI is InChI=1S/C23H34N4O4S/c1-25(2)19-8-6-18(7-9-19)21(27-14-12-26(3)13-15-27)17-24-32(28,29)23-16-20(30-4)10-11-22(23)31-5/h6-11,16,21,24H,12-15,17H2,1-5H3/t21-/m1/s1. The summed E-state index contributed by atoms with van der Waals surface area (Å²) < 4.78 is 39.8. The number of piperazine rings is 1. The van der Waals surface area contributed by atoms with Crippen molar-refractivity contribution < 1.29 is 17.9 Å². The molecular weight excluding hydrogens is 428 g/mol. The van der Waals surface area contributed by atoms with Gasteiger partial charge in [0.25, 0.3) is 0 Å². The molecule has 8 nitrogen and oxygen atoms in total. The molecule has 176 valence electrons. The Bertz CT molecular complexity index is 988. The van der Waals surface area contributed by atoms with E-state index >= 15 is 0 Å². The van der Waals surface area contributed by atoms with Crippen molar-refractivity contribution >= 4 is 15.7 Å². The number of methoxy groups -OCH3 is 2. The molecule has 1 aliphatic rings. The van der Waals surface area contributed by atoms with E-state index in [1.807, 2.05) is 19.0 Å². The predicted molar refractivity (Wildman–Crippen MR) is 127 cm³/mol. The van der Waals surface area contributed by atoms with Crippen molar-refractivity contribution in [2.24, 2.45) is 0 Å². The molecule has 0 saturated carbocycles. The second kappa shape index (κ2) is 10.5. The highest BCUT2D eigenvalue weighted by Crippen LogP contribution is 2.29. The Hall–Kier alpha value is -2.33. The van der Waals surface area contributed by atoms with Crippen LogP contribution in [0.5, 0.6) is 11.5 Å². The quantitative estimate of drug-likeness (QED) is 0.611. The highest BCUT2D eigenvalue weighted by atomic mass is 32.2. The van der Waals surface area contributed by atoms with Crippen LogP contribution in [0.4, 0.5) is 5.69 Å². The molecule has 0 aliphatic carbocycles. The van der Waals surface area contributed by atoms with E-state index in [0.29, 0.717) is 5.75 Å². The number of nitrogens with one attached hydrogen (secondary N) is 1. The van der Waals surface area contributed by atoms with Crippen molar-refractivity contribution in [3.05, 3.63) is 48.0 Å². The first-order valence-electron chi connectivity index (χ1n) is 10.7. The third kappa shape index (κ3) is 5.72. The van der Waals surface area contributed by atoms with Crippen molar-refractivity contribution in [3.8, 4) is 11.5 Å². The maximum atomic E-state index is 13.2. The smallest absolute Gasteiger partial charge is 0.244 e. The minimum Gasteiger partial charge on any atom is -0.497 e. The summed E-state index contributed by atoms with van der Waals surface area (Å²) in [6.45, 7) is 3.90. The van der Waals surface area contributed by atoms with Crippen molar-refractivity contribution in [1.29, 1.82) is 0 Å². The average Bonchev–Trinajstić information content (AvgIpc) is 2.80. The second-order valence-electron chi connectivity index (χ2n) is 8.21. The van der Waals surface area contributed by atoms with Gasteiger partial charge in [-0.1, -0.05) is 12.1 Å². The summed E-state index contributed by atoms with van der Waals surface area (Å²) in [5.74, 6) is 0.742. The fourth-order valence-corrected chi connectivity index (χ4v) is 5.07. The van der Waals surface area contributed by atoms with Crippen molar-refractivity contribution in [2.75, 3.05) is 73.0 Å². The molecule has 1 fully saturated rings. The Kier molecular flexibility index (Phi) is 8.00. The fourth-order valence-electron chi connectivity index (χ4n) is 3.85. The first-order valence-corrected chi connectivity index (χ1v) is 12.1. The molecule has 1 aliphatic heterocycles. The van der Waals surface area contributed by atoms with Crippen LogP contribution in [0.3, 0.4) is 0 Å². The Morgan fingerprint density at radius 2 is 1.66 bits per heavy atom. The molecule has 0 unspecified atom stereocenters. The number of likely N-dealkylation sites (N-methyl/N-ethyl adjacent to an activating group) is 1. The van der Waals surface area contributed by atoms with Crippen LogP contribution in [0, 0.1) is 0 Å². The van der Waals surface area contributed by atoms with Gasteiger partial charge in [-0.3, -0.25) is 4.90 Å². The number of hydrogen-bond donors (Lipinski definition) is 1. The van der Waals surface area contributed by atoms with Crippen molar-refractivity contribution in [1.82, 2.24) is 14.5 Å². The summed E-state index contributed by atoms with van der Waals surface area (Å²) in [5, 5.41) is 0. The first-order chi connectivity index (χ1) is 15.2. The molecule has 1 N–H and O–H groups in total. The molecule has 0 radical (unpaired) electrons. The third-order valence-electron chi connectivity index (χ3n) is 5.90. The maximum absolute atomic E-state index is 13.2. The zero-order valence-electron chi connectivity index (χ0n) is 19.5. The van der Waals surface area contributed by atoms with E-state index in [0.717, 1.165) is 37.4 Å². The average molecular weight is 463 g/mol. The van der Waals surface area contributed by atoms with Crippen molar-refractivity contribution in [3.63, 3.8) is 0 Å². The van der Waals surface area contributed by atoms with Crippen LogP contribution in [0.25, 0.3) is 0 Å². The molecular formula is C23H34N4O4S. The van der Waals surface area contributed by atoms with Crippen LogP contribution >= 0.6 is 0 Å². The fraction of sp³-hybridized carbons (Fsp3) is 0.478. The molecule has 0 bridgehead atoms. The van der Waals surface area contributed by atoms with Crippen molar-refractivity contribution in [2.45, 2.75) is 10.9 Å². The van der Waals surface area contributed by atoms with E-state index < -0.39 is 10.0 Å². The molecule has 0 amide bonds. The molecule has 1 heterocycles. The van der Waals surface area contributed by atoms with Gasteiger partial charge in [0, 0.05) is 64.6 Å². The van der Waals surface area contributed by atoms with E-state index in [4.69, 9.17) is 9.47 Å².